The third-order valence-corrected chi connectivity index (χ3v) is 3.59. The molecule has 0 aliphatic carbocycles. The van der Waals surface area contributed by atoms with E-state index in [0.29, 0.717) is 4.34 Å². The van der Waals surface area contributed by atoms with Gasteiger partial charge in [-0.15, -0.1) is 11.3 Å². The summed E-state index contributed by atoms with van der Waals surface area (Å²) in [5.41, 5.74) is 0.439. The van der Waals surface area contributed by atoms with Gasteiger partial charge in [0.1, 0.15) is 4.34 Å². The molecule has 1 aromatic carbocycles. The van der Waals surface area contributed by atoms with E-state index in [1.54, 1.807) is 0 Å². The average Bonchev–Trinajstić information content (AvgIpc) is 2.63. The second kappa shape index (κ2) is 5.14. The second-order valence-corrected chi connectivity index (χ2v) is 5.64. The number of benzene rings is 1. The number of thiophene rings is 1. The molecule has 0 saturated heterocycles. The number of hydrogen-bond donors (Lipinski definition) is 2. The summed E-state index contributed by atoms with van der Waals surface area (Å²) in [5.74, 6) is -1.79. The van der Waals surface area contributed by atoms with Crippen molar-refractivity contribution in [2.45, 2.75) is 0 Å². The molecule has 3 nitrogen and oxygen atoms in total. The van der Waals surface area contributed by atoms with Crippen molar-refractivity contribution in [3.63, 3.8) is 0 Å². The van der Waals surface area contributed by atoms with Crippen molar-refractivity contribution in [1.82, 2.24) is 0 Å². The van der Waals surface area contributed by atoms with Crippen LogP contribution in [0.4, 0.5) is 10.1 Å². The molecular formula is C11H6Cl2FNO2S. The largest absolute Gasteiger partial charge is 0.505 e. The standard InChI is InChI=1S/C11H6Cl2FNO2S/c12-9-4-6(10(13)18-9)11(17)15-5-1-2-8(16)7(14)3-5/h1-4,16H,(H,15,17). The van der Waals surface area contributed by atoms with Crippen molar-refractivity contribution in [3.05, 3.63) is 44.3 Å². The van der Waals surface area contributed by atoms with Crippen molar-refractivity contribution < 1.29 is 14.3 Å². The van der Waals surface area contributed by atoms with Crippen molar-refractivity contribution in [2.24, 2.45) is 0 Å². The van der Waals surface area contributed by atoms with Gasteiger partial charge in [-0.2, -0.15) is 0 Å². The van der Waals surface area contributed by atoms with Gasteiger partial charge in [0, 0.05) is 11.8 Å². The van der Waals surface area contributed by atoms with Gasteiger partial charge >= 0.3 is 0 Å². The Kier molecular flexibility index (Phi) is 3.75. The third-order valence-electron chi connectivity index (χ3n) is 2.11. The zero-order chi connectivity index (χ0) is 13.3. The van der Waals surface area contributed by atoms with Crippen molar-refractivity contribution >= 4 is 46.1 Å². The number of aromatic hydroxyl groups is 1. The highest BCUT2D eigenvalue weighted by molar-refractivity contribution is 7.20. The van der Waals surface area contributed by atoms with E-state index >= 15 is 0 Å². The lowest BCUT2D eigenvalue weighted by Gasteiger charge is -2.04. The van der Waals surface area contributed by atoms with Crippen LogP contribution in [0.3, 0.4) is 0 Å². The predicted octanol–water partition coefficient (Wildman–Crippen LogP) is 4.15. The highest BCUT2D eigenvalue weighted by Gasteiger charge is 2.14. The van der Waals surface area contributed by atoms with Crippen LogP contribution in [0.2, 0.25) is 8.67 Å². The first-order valence-electron chi connectivity index (χ1n) is 4.72. The Balaban J connectivity index is 2.21. The fourth-order valence-corrected chi connectivity index (χ4v) is 2.74. The number of phenolic OH excluding ortho intramolecular Hbond substituents is 1. The van der Waals surface area contributed by atoms with Crippen LogP contribution in [-0.2, 0) is 0 Å². The fraction of sp³-hybridized carbons (Fsp3) is 0. The molecule has 0 aliphatic rings. The summed E-state index contributed by atoms with van der Waals surface area (Å²) in [5, 5.41) is 11.5. The molecule has 2 rings (SSSR count). The molecule has 0 radical (unpaired) electrons. The van der Waals surface area contributed by atoms with Gasteiger partial charge in [0.05, 0.1) is 9.90 Å². The number of phenols is 1. The lowest BCUT2D eigenvalue weighted by atomic mass is 10.2. The van der Waals surface area contributed by atoms with Crippen LogP contribution < -0.4 is 5.32 Å². The Hall–Kier alpha value is -1.30. The molecule has 94 valence electrons. The minimum Gasteiger partial charge on any atom is -0.505 e. The number of halogens is 3. The summed E-state index contributed by atoms with van der Waals surface area (Å²) in [6, 6.07) is 4.96. The second-order valence-electron chi connectivity index (χ2n) is 3.36. The van der Waals surface area contributed by atoms with Gasteiger partial charge in [-0.3, -0.25) is 4.79 Å². The Morgan fingerprint density at radius 2 is 2.06 bits per heavy atom. The van der Waals surface area contributed by atoms with Gasteiger partial charge in [-0.1, -0.05) is 23.2 Å². The highest BCUT2D eigenvalue weighted by atomic mass is 35.5. The number of nitrogens with one attached hydrogen (secondary N) is 1. The topological polar surface area (TPSA) is 49.3 Å². The van der Waals surface area contributed by atoms with E-state index in [1.165, 1.54) is 12.1 Å². The van der Waals surface area contributed by atoms with E-state index in [0.717, 1.165) is 23.5 Å². The van der Waals surface area contributed by atoms with Gasteiger partial charge in [0.25, 0.3) is 5.91 Å². The van der Waals surface area contributed by atoms with E-state index in [2.05, 4.69) is 5.32 Å². The smallest absolute Gasteiger partial charge is 0.258 e. The van der Waals surface area contributed by atoms with Gasteiger partial charge in [-0.05, 0) is 18.2 Å². The molecule has 18 heavy (non-hydrogen) atoms. The molecule has 1 amide bonds. The van der Waals surface area contributed by atoms with Gasteiger partial charge in [0.15, 0.2) is 11.6 Å². The Morgan fingerprint density at radius 3 is 2.61 bits per heavy atom. The molecule has 0 unspecified atom stereocenters. The van der Waals surface area contributed by atoms with Crippen LogP contribution in [0, 0.1) is 5.82 Å². The van der Waals surface area contributed by atoms with Gasteiger partial charge < -0.3 is 10.4 Å². The number of rotatable bonds is 2. The van der Waals surface area contributed by atoms with Crippen LogP contribution in [0.15, 0.2) is 24.3 Å². The van der Waals surface area contributed by atoms with Crippen LogP contribution in [-0.4, -0.2) is 11.0 Å². The van der Waals surface area contributed by atoms with E-state index in [9.17, 15) is 9.18 Å². The quantitative estimate of drug-likeness (QED) is 0.819. The molecule has 0 bridgehead atoms. The van der Waals surface area contributed by atoms with E-state index in [1.807, 2.05) is 0 Å². The van der Waals surface area contributed by atoms with Crippen molar-refractivity contribution in [1.29, 1.82) is 0 Å². The lowest BCUT2D eigenvalue weighted by Crippen LogP contribution is -2.11. The molecule has 0 aliphatic heterocycles. The minimum atomic E-state index is -0.817. The fourth-order valence-electron chi connectivity index (χ4n) is 1.28. The summed E-state index contributed by atoms with van der Waals surface area (Å²) in [4.78, 5) is 11.8. The molecule has 2 N–H and O–H groups in total. The first-order chi connectivity index (χ1) is 8.47. The molecule has 7 heteroatoms. The normalized spacial score (nSPS) is 10.4. The highest BCUT2D eigenvalue weighted by Crippen LogP contribution is 2.31. The first kappa shape index (κ1) is 13.1. The van der Waals surface area contributed by atoms with Gasteiger partial charge in [-0.25, -0.2) is 4.39 Å². The maximum atomic E-state index is 13.1. The molecular weight excluding hydrogens is 300 g/mol. The monoisotopic (exact) mass is 305 g/mol. The van der Waals surface area contributed by atoms with Crippen molar-refractivity contribution in [2.75, 3.05) is 5.32 Å². The summed E-state index contributed by atoms with van der Waals surface area (Å²) in [7, 11) is 0. The number of anilines is 1. The molecule has 1 heterocycles. The molecule has 0 atom stereocenters. The molecule has 0 spiro atoms. The van der Waals surface area contributed by atoms with Gasteiger partial charge in [0.2, 0.25) is 0 Å². The summed E-state index contributed by atoms with van der Waals surface area (Å²) in [6.45, 7) is 0. The zero-order valence-corrected chi connectivity index (χ0v) is 11.0. The van der Waals surface area contributed by atoms with E-state index in [4.69, 9.17) is 28.3 Å². The Morgan fingerprint density at radius 1 is 1.33 bits per heavy atom. The summed E-state index contributed by atoms with van der Waals surface area (Å²) >= 11 is 12.6. The molecule has 2 aromatic rings. The zero-order valence-electron chi connectivity index (χ0n) is 8.71. The SMILES string of the molecule is O=C(Nc1ccc(O)c(F)c1)c1cc(Cl)sc1Cl. The van der Waals surface area contributed by atoms with Crippen LogP contribution in [0.25, 0.3) is 0 Å². The number of hydrogen-bond acceptors (Lipinski definition) is 3. The number of carbonyl (C=O) groups is 1. The van der Waals surface area contributed by atoms with Crippen LogP contribution in [0.5, 0.6) is 5.75 Å². The Labute approximate surface area is 116 Å². The third kappa shape index (κ3) is 2.75. The van der Waals surface area contributed by atoms with Crippen LogP contribution in [0.1, 0.15) is 10.4 Å². The first-order valence-corrected chi connectivity index (χ1v) is 6.29. The van der Waals surface area contributed by atoms with E-state index in [-0.39, 0.29) is 15.6 Å². The maximum absolute atomic E-state index is 13.1. The molecule has 0 saturated carbocycles. The van der Waals surface area contributed by atoms with Crippen molar-refractivity contribution in [3.8, 4) is 5.75 Å². The predicted molar refractivity (Wildman–Crippen MR) is 70.4 cm³/mol. The maximum Gasteiger partial charge on any atom is 0.258 e. The summed E-state index contributed by atoms with van der Waals surface area (Å²) < 4.78 is 13.7. The average molecular weight is 306 g/mol. The molecule has 0 fully saturated rings. The molecule has 1 aromatic heterocycles. The summed E-state index contributed by atoms with van der Waals surface area (Å²) in [6.07, 6.45) is 0. The number of amides is 1. The minimum absolute atomic E-state index is 0.216. The van der Waals surface area contributed by atoms with E-state index < -0.39 is 17.5 Å². The lowest BCUT2D eigenvalue weighted by molar-refractivity contribution is 0.102. The van der Waals surface area contributed by atoms with Crippen LogP contribution >= 0.6 is 34.5 Å². The Bertz CT molecular complexity index is 615. The number of carbonyl (C=O) groups excluding carboxylic acids is 1.